The summed E-state index contributed by atoms with van der Waals surface area (Å²) < 4.78 is 13.2. The predicted molar refractivity (Wildman–Crippen MR) is 113 cm³/mol. The molecule has 0 amide bonds. The van der Waals surface area contributed by atoms with Crippen LogP contribution in [0.5, 0.6) is 5.75 Å². The minimum absolute atomic E-state index is 0.539. The molecule has 2 N–H and O–H groups in total. The van der Waals surface area contributed by atoms with Crippen molar-refractivity contribution in [1.82, 2.24) is 20.4 Å². The van der Waals surface area contributed by atoms with Crippen molar-refractivity contribution in [2.24, 2.45) is 12.0 Å². The number of hydrogen-bond acceptors (Lipinski definition) is 4. The summed E-state index contributed by atoms with van der Waals surface area (Å²) in [6, 6.07) is 6.23. The molecule has 1 aromatic carbocycles. The number of nitrogens with one attached hydrogen (secondary N) is 2. The van der Waals surface area contributed by atoms with Gasteiger partial charge in [0.15, 0.2) is 5.96 Å². The Morgan fingerprint density at radius 1 is 1.14 bits per heavy atom. The van der Waals surface area contributed by atoms with E-state index in [-0.39, 0.29) is 0 Å². The zero-order chi connectivity index (χ0) is 20.5. The monoisotopic (exact) mass is 387 g/mol. The number of aliphatic imine (C=N–C) groups is 1. The zero-order valence-electron chi connectivity index (χ0n) is 17.9. The third-order valence-electron chi connectivity index (χ3n) is 4.67. The van der Waals surface area contributed by atoms with Crippen molar-refractivity contribution in [3.05, 3.63) is 46.3 Å². The standard InChI is InChI=1S/C21H33N5O2/c1-7-27-10-11-28-20-12-15(2)8-9-18(20)13-23-21(22-5)24-14-19-16(3)25-26(6)17(19)4/h8-9,12H,7,10-11,13-14H2,1-6H3,(H2,22,23,24). The molecule has 2 rings (SSSR count). The highest BCUT2D eigenvalue weighted by atomic mass is 16.5. The predicted octanol–water partition coefficient (Wildman–Crippen LogP) is 2.63. The molecular weight excluding hydrogens is 354 g/mol. The van der Waals surface area contributed by atoms with Crippen LogP contribution in [0.3, 0.4) is 0 Å². The van der Waals surface area contributed by atoms with Crippen molar-refractivity contribution in [1.29, 1.82) is 0 Å². The summed E-state index contributed by atoms with van der Waals surface area (Å²) in [5.41, 5.74) is 5.63. The fourth-order valence-corrected chi connectivity index (χ4v) is 2.94. The van der Waals surface area contributed by atoms with Gasteiger partial charge in [0.2, 0.25) is 0 Å². The van der Waals surface area contributed by atoms with Crippen molar-refractivity contribution in [3.8, 4) is 5.75 Å². The van der Waals surface area contributed by atoms with Crippen molar-refractivity contribution in [2.45, 2.75) is 40.8 Å². The molecule has 154 valence electrons. The Bertz CT molecular complexity index is 798. The van der Waals surface area contributed by atoms with Gasteiger partial charge >= 0.3 is 0 Å². The van der Waals surface area contributed by atoms with Gasteiger partial charge in [-0.1, -0.05) is 12.1 Å². The summed E-state index contributed by atoms with van der Waals surface area (Å²) >= 11 is 0. The third-order valence-corrected chi connectivity index (χ3v) is 4.67. The summed E-state index contributed by atoms with van der Waals surface area (Å²) in [5, 5.41) is 11.2. The number of benzene rings is 1. The van der Waals surface area contributed by atoms with Crippen LogP contribution in [0, 0.1) is 20.8 Å². The van der Waals surface area contributed by atoms with Gasteiger partial charge < -0.3 is 20.1 Å². The van der Waals surface area contributed by atoms with E-state index in [2.05, 4.69) is 52.8 Å². The van der Waals surface area contributed by atoms with Crippen LogP contribution in [-0.2, 0) is 24.9 Å². The van der Waals surface area contributed by atoms with Gasteiger partial charge in [-0.05, 0) is 39.3 Å². The molecular formula is C21H33N5O2. The van der Waals surface area contributed by atoms with Gasteiger partial charge in [0.1, 0.15) is 12.4 Å². The number of rotatable bonds is 9. The van der Waals surface area contributed by atoms with Gasteiger partial charge in [-0.15, -0.1) is 0 Å². The van der Waals surface area contributed by atoms with Crippen molar-refractivity contribution < 1.29 is 9.47 Å². The van der Waals surface area contributed by atoms with Gasteiger partial charge in [-0.2, -0.15) is 5.10 Å². The lowest BCUT2D eigenvalue weighted by molar-refractivity contribution is 0.110. The minimum atomic E-state index is 0.539. The first kappa shape index (κ1) is 21.8. The molecule has 0 atom stereocenters. The Morgan fingerprint density at radius 2 is 1.89 bits per heavy atom. The normalized spacial score (nSPS) is 11.6. The van der Waals surface area contributed by atoms with Crippen molar-refractivity contribution >= 4 is 5.96 Å². The Kier molecular flexibility index (Phi) is 8.32. The molecule has 7 heteroatoms. The molecule has 7 nitrogen and oxygen atoms in total. The molecule has 1 heterocycles. The van der Waals surface area contributed by atoms with E-state index in [9.17, 15) is 0 Å². The van der Waals surface area contributed by atoms with E-state index in [1.54, 1.807) is 7.05 Å². The lowest BCUT2D eigenvalue weighted by atomic mass is 10.1. The van der Waals surface area contributed by atoms with Crippen LogP contribution in [0.2, 0.25) is 0 Å². The van der Waals surface area contributed by atoms with E-state index in [1.807, 2.05) is 25.6 Å². The molecule has 0 fully saturated rings. The maximum absolute atomic E-state index is 5.91. The van der Waals surface area contributed by atoms with Gasteiger partial charge in [0.25, 0.3) is 0 Å². The molecule has 0 aliphatic rings. The van der Waals surface area contributed by atoms with Crippen LogP contribution < -0.4 is 15.4 Å². The van der Waals surface area contributed by atoms with Gasteiger partial charge in [0.05, 0.1) is 12.3 Å². The highest BCUT2D eigenvalue weighted by Gasteiger charge is 2.10. The second kappa shape index (κ2) is 10.7. The minimum Gasteiger partial charge on any atom is -0.491 e. The largest absolute Gasteiger partial charge is 0.491 e. The van der Waals surface area contributed by atoms with E-state index in [4.69, 9.17) is 9.47 Å². The van der Waals surface area contributed by atoms with E-state index < -0.39 is 0 Å². The average Bonchev–Trinajstić information content (AvgIpc) is 2.92. The van der Waals surface area contributed by atoms with Gasteiger partial charge in [-0.3, -0.25) is 9.67 Å². The molecule has 0 aliphatic carbocycles. The number of nitrogens with zero attached hydrogens (tertiary/aromatic N) is 3. The Morgan fingerprint density at radius 3 is 2.54 bits per heavy atom. The summed E-state index contributed by atoms with van der Waals surface area (Å²) in [5.74, 6) is 1.62. The molecule has 0 unspecified atom stereocenters. The molecule has 0 radical (unpaired) electrons. The zero-order valence-corrected chi connectivity index (χ0v) is 17.9. The smallest absolute Gasteiger partial charge is 0.191 e. The number of aromatic nitrogens is 2. The highest BCUT2D eigenvalue weighted by molar-refractivity contribution is 5.79. The van der Waals surface area contributed by atoms with Crippen LogP contribution in [0.4, 0.5) is 0 Å². The average molecular weight is 388 g/mol. The fourth-order valence-electron chi connectivity index (χ4n) is 2.94. The quantitative estimate of drug-likeness (QED) is 0.393. The molecule has 0 saturated carbocycles. The van der Waals surface area contributed by atoms with E-state index >= 15 is 0 Å². The molecule has 0 saturated heterocycles. The Balaban J connectivity index is 1.95. The summed E-state index contributed by atoms with van der Waals surface area (Å²) in [7, 11) is 3.73. The SMILES string of the molecule is CCOCCOc1cc(C)ccc1CNC(=NC)NCc1c(C)nn(C)c1C. The molecule has 2 aromatic rings. The molecule has 1 aromatic heterocycles. The number of guanidine groups is 1. The second-order valence-corrected chi connectivity index (χ2v) is 6.71. The van der Waals surface area contributed by atoms with Crippen LogP contribution in [-0.4, -0.2) is 42.6 Å². The first-order valence-electron chi connectivity index (χ1n) is 9.69. The van der Waals surface area contributed by atoms with Gasteiger partial charge in [0, 0.05) is 50.6 Å². The molecule has 0 spiro atoms. The first-order chi connectivity index (χ1) is 13.5. The van der Waals surface area contributed by atoms with Crippen molar-refractivity contribution in [3.63, 3.8) is 0 Å². The lowest BCUT2D eigenvalue weighted by Crippen LogP contribution is -2.36. The molecule has 0 aliphatic heterocycles. The topological polar surface area (TPSA) is 72.7 Å². The summed E-state index contributed by atoms with van der Waals surface area (Å²) in [6.45, 7) is 11.3. The van der Waals surface area contributed by atoms with E-state index in [0.717, 1.165) is 28.7 Å². The first-order valence-corrected chi connectivity index (χ1v) is 9.69. The van der Waals surface area contributed by atoms with Crippen molar-refractivity contribution in [2.75, 3.05) is 26.9 Å². The Labute approximate surface area is 168 Å². The van der Waals surface area contributed by atoms with Gasteiger partial charge in [-0.25, -0.2) is 0 Å². The van der Waals surface area contributed by atoms with E-state index in [0.29, 0.717) is 32.9 Å². The maximum atomic E-state index is 5.91. The van der Waals surface area contributed by atoms with E-state index in [1.165, 1.54) is 11.1 Å². The van der Waals surface area contributed by atoms with Crippen LogP contribution in [0.25, 0.3) is 0 Å². The molecule has 28 heavy (non-hydrogen) atoms. The molecule has 0 bridgehead atoms. The highest BCUT2D eigenvalue weighted by Crippen LogP contribution is 2.20. The summed E-state index contributed by atoms with van der Waals surface area (Å²) in [4.78, 5) is 4.32. The number of hydrogen-bond donors (Lipinski definition) is 2. The van der Waals surface area contributed by atoms with Crippen LogP contribution >= 0.6 is 0 Å². The number of ether oxygens (including phenoxy) is 2. The number of aryl methyl sites for hydroxylation is 3. The van der Waals surface area contributed by atoms with Crippen LogP contribution in [0.15, 0.2) is 23.2 Å². The van der Waals surface area contributed by atoms with Crippen LogP contribution in [0.1, 0.15) is 35.0 Å². The third kappa shape index (κ3) is 5.99. The maximum Gasteiger partial charge on any atom is 0.191 e. The Hall–Kier alpha value is -2.54. The lowest BCUT2D eigenvalue weighted by Gasteiger charge is -2.16. The second-order valence-electron chi connectivity index (χ2n) is 6.71. The summed E-state index contributed by atoms with van der Waals surface area (Å²) in [6.07, 6.45) is 0. The fraction of sp³-hybridized carbons (Fsp3) is 0.524.